The van der Waals surface area contributed by atoms with Gasteiger partial charge in [-0.2, -0.15) is 0 Å². The molecule has 0 spiro atoms. The molecule has 1 unspecified atom stereocenters. The minimum Gasteiger partial charge on any atom is -0.480 e. The standard InChI is InChI=1S/C9H11BrO4S2/c1-2-8(9(11)12)16(13,14)5-7-3-6(10)4-15-7/h3-4,8H,2,5H2,1H3,(H,11,12). The van der Waals surface area contributed by atoms with E-state index >= 15 is 0 Å². The molecule has 1 rings (SSSR count). The Morgan fingerprint density at radius 1 is 1.62 bits per heavy atom. The van der Waals surface area contributed by atoms with Crippen LogP contribution in [0.15, 0.2) is 15.9 Å². The fraction of sp³-hybridized carbons (Fsp3) is 0.444. The van der Waals surface area contributed by atoms with E-state index in [-0.39, 0.29) is 12.2 Å². The van der Waals surface area contributed by atoms with Gasteiger partial charge in [-0.15, -0.1) is 11.3 Å². The molecule has 1 heterocycles. The minimum absolute atomic E-state index is 0.0875. The molecule has 7 heteroatoms. The SMILES string of the molecule is CCC(C(=O)O)S(=O)(=O)Cc1cc(Br)cs1. The number of aliphatic carboxylic acids is 1. The zero-order valence-electron chi connectivity index (χ0n) is 8.51. The predicted octanol–water partition coefficient (Wildman–Crippen LogP) is 2.29. The molecule has 0 fully saturated rings. The van der Waals surface area contributed by atoms with Gasteiger partial charge in [0.15, 0.2) is 15.1 Å². The maximum Gasteiger partial charge on any atom is 0.321 e. The maximum atomic E-state index is 11.8. The van der Waals surface area contributed by atoms with Crippen molar-refractivity contribution in [2.45, 2.75) is 24.3 Å². The molecule has 0 saturated heterocycles. The van der Waals surface area contributed by atoms with Crippen molar-refractivity contribution in [3.05, 3.63) is 20.8 Å². The van der Waals surface area contributed by atoms with Crippen molar-refractivity contribution < 1.29 is 18.3 Å². The second kappa shape index (κ2) is 5.29. The summed E-state index contributed by atoms with van der Waals surface area (Å²) in [5, 5.41) is 9.27. The number of sulfone groups is 1. The monoisotopic (exact) mass is 326 g/mol. The molecule has 16 heavy (non-hydrogen) atoms. The molecule has 4 nitrogen and oxygen atoms in total. The summed E-state index contributed by atoms with van der Waals surface area (Å²) in [5.74, 6) is -1.49. The van der Waals surface area contributed by atoms with Gasteiger partial charge in [0.25, 0.3) is 0 Å². The third-order valence-corrected chi connectivity index (χ3v) is 6.04. The van der Waals surface area contributed by atoms with Crippen LogP contribution in [0.4, 0.5) is 0 Å². The molecule has 0 saturated carbocycles. The quantitative estimate of drug-likeness (QED) is 0.901. The van der Waals surface area contributed by atoms with Crippen LogP contribution in [0.5, 0.6) is 0 Å². The summed E-state index contributed by atoms with van der Waals surface area (Å²) < 4.78 is 24.4. The zero-order valence-corrected chi connectivity index (χ0v) is 11.7. The van der Waals surface area contributed by atoms with Gasteiger partial charge in [0, 0.05) is 14.7 Å². The zero-order chi connectivity index (χ0) is 12.3. The Balaban J connectivity index is 2.90. The van der Waals surface area contributed by atoms with Gasteiger partial charge in [-0.25, -0.2) is 8.42 Å². The average Bonchev–Trinajstić information content (AvgIpc) is 2.49. The van der Waals surface area contributed by atoms with Gasteiger partial charge in [-0.05, 0) is 28.4 Å². The molecular formula is C9H11BrO4S2. The minimum atomic E-state index is -3.62. The number of hydrogen-bond donors (Lipinski definition) is 1. The van der Waals surface area contributed by atoms with Crippen LogP contribution in [0.2, 0.25) is 0 Å². The maximum absolute atomic E-state index is 11.8. The Morgan fingerprint density at radius 3 is 2.62 bits per heavy atom. The fourth-order valence-corrected chi connectivity index (χ4v) is 4.81. The summed E-state index contributed by atoms with van der Waals surface area (Å²) in [6.45, 7) is 1.56. The first-order valence-corrected chi connectivity index (χ1v) is 7.93. The molecule has 1 N–H and O–H groups in total. The number of carbonyl (C=O) groups is 1. The van der Waals surface area contributed by atoms with Gasteiger partial charge in [0.2, 0.25) is 0 Å². The van der Waals surface area contributed by atoms with Crippen LogP contribution >= 0.6 is 27.3 Å². The third-order valence-electron chi connectivity index (χ3n) is 2.04. The van der Waals surface area contributed by atoms with Gasteiger partial charge in [-0.1, -0.05) is 6.92 Å². The van der Waals surface area contributed by atoms with Crippen LogP contribution in [-0.4, -0.2) is 24.7 Å². The van der Waals surface area contributed by atoms with E-state index in [4.69, 9.17) is 5.11 Å². The summed E-state index contributed by atoms with van der Waals surface area (Å²) in [6.07, 6.45) is 0.0875. The number of hydrogen-bond acceptors (Lipinski definition) is 4. The van der Waals surface area contributed by atoms with Crippen LogP contribution in [0.3, 0.4) is 0 Å². The Labute approximate surface area is 106 Å². The second-order valence-electron chi connectivity index (χ2n) is 3.27. The molecule has 0 amide bonds. The van der Waals surface area contributed by atoms with Crippen molar-refractivity contribution in [1.29, 1.82) is 0 Å². The lowest BCUT2D eigenvalue weighted by Crippen LogP contribution is -2.30. The normalized spacial score (nSPS) is 13.6. The third kappa shape index (κ3) is 3.29. The first-order valence-electron chi connectivity index (χ1n) is 4.54. The smallest absolute Gasteiger partial charge is 0.321 e. The second-order valence-corrected chi connectivity index (χ2v) is 7.37. The summed E-state index contributed by atoms with van der Waals surface area (Å²) in [7, 11) is -3.62. The number of rotatable bonds is 5. The molecule has 90 valence electrons. The summed E-state index contributed by atoms with van der Waals surface area (Å²) in [5.41, 5.74) is 0. The van der Waals surface area contributed by atoms with Crippen LogP contribution in [0, 0.1) is 0 Å². The first kappa shape index (κ1) is 13.7. The van der Waals surface area contributed by atoms with Gasteiger partial charge in [0.1, 0.15) is 0 Å². The van der Waals surface area contributed by atoms with Gasteiger partial charge >= 0.3 is 5.97 Å². The summed E-state index contributed by atoms with van der Waals surface area (Å²) in [4.78, 5) is 11.4. The number of carboxylic acid groups (broad SMARTS) is 1. The Hall–Kier alpha value is -0.400. The van der Waals surface area contributed by atoms with Crippen molar-refractivity contribution in [2.75, 3.05) is 0 Å². The Kier molecular flexibility index (Phi) is 4.52. The number of thiophene rings is 1. The molecule has 0 radical (unpaired) electrons. The van der Waals surface area contributed by atoms with E-state index in [1.165, 1.54) is 11.3 Å². The highest BCUT2D eigenvalue weighted by Crippen LogP contribution is 2.23. The molecule has 0 aliphatic carbocycles. The van der Waals surface area contributed by atoms with Crippen molar-refractivity contribution in [3.8, 4) is 0 Å². The average molecular weight is 327 g/mol. The van der Waals surface area contributed by atoms with E-state index < -0.39 is 21.1 Å². The number of halogens is 1. The molecule has 1 aromatic rings. The number of carboxylic acids is 1. The van der Waals surface area contributed by atoms with E-state index in [1.54, 1.807) is 18.4 Å². The molecule has 1 atom stereocenters. The molecule has 1 aromatic heterocycles. The van der Waals surface area contributed by atoms with E-state index in [0.29, 0.717) is 4.88 Å². The van der Waals surface area contributed by atoms with Crippen LogP contribution < -0.4 is 0 Å². The fourth-order valence-electron chi connectivity index (χ4n) is 1.31. The van der Waals surface area contributed by atoms with Crippen molar-refractivity contribution in [3.63, 3.8) is 0 Å². The van der Waals surface area contributed by atoms with E-state index in [0.717, 1.165) is 4.47 Å². The Morgan fingerprint density at radius 2 is 2.25 bits per heavy atom. The molecule has 0 aromatic carbocycles. The van der Waals surface area contributed by atoms with Gasteiger partial charge < -0.3 is 5.11 Å². The van der Waals surface area contributed by atoms with Gasteiger partial charge in [-0.3, -0.25) is 4.79 Å². The van der Waals surface area contributed by atoms with Crippen LogP contribution in [-0.2, 0) is 20.4 Å². The highest BCUT2D eigenvalue weighted by Gasteiger charge is 2.31. The van der Waals surface area contributed by atoms with Crippen LogP contribution in [0.1, 0.15) is 18.2 Å². The molecule has 0 bridgehead atoms. The van der Waals surface area contributed by atoms with E-state index in [1.807, 2.05) is 0 Å². The highest BCUT2D eigenvalue weighted by atomic mass is 79.9. The van der Waals surface area contributed by atoms with Crippen molar-refractivity contribution in [1.82, 2.24) is 0 Å². The van der Waals surface area contributed by atoms with Gasteiger partial charge in [0.05, 0.1) is 5.75 Å². The lowest BCUT2D eigenvalue weighted by molar-refractivity contribution is -0.136. The molecule has 0 aliphatic rings. The van der Waals surface area contributed by atoms with E-state index in [9.17, 15) is 13.2 Å². The lowest BCUT2D eigenvalue weighted by Gasteiger charge is -2.09. The van der Waals surface area contributed by atoms with Crippen LogP contribution in [0.25, 0.3) is 0 Å². The summed E-state index contributed by atoms with van der Waals surface area (Å²) in [6, 6.07) is 1.69. The molecular weight excluding hydrogens is 316 g/mol. The lowest BCUT2D eigenvalue weighted by atomic mass is 10.3. The molecule has 0 aliphatic heterocycles. The largest absolute Gasteiger partial charge is 0.480 e. The first-order chi connectivity index (χ1) is 7.36. The summed E-state index contributed by atoms with van der Waals surface area (Å²) >= 11 is 4.52. The topological polar surface area (TPSA) is 71.4 Å². The highest BCUT2D eigenvalue weighted by molar-refractivity contribution is 9.10. The Bertz CT molecular complexity index is 477. The predicted molar refractivity (Wildman–Crippen MR) is 66.4 cm³/mol. The van der Waals surface area contributed by atoms with Crippen molar-refractivity contribution >= 4 is 43.1 Å². The van der Waals surface area contributed by atoms with Crippen molar-refractivity contribution in [2.24, 2.45) is 0 Å². The van der Waals surface area contributed by atoms with E-state index in [2.05, 4.69) is 15.9 Å².